The van der Waals surface area contributed by atoms with E-state index in [1.807, 2.05) is 23.1 Å². The lowest BCUT2D eigenvalue weighted by Gasteiger charge is -2.42. The minimum atomic E-state index is 0.159. The van der Waals surface area contributed by atoms with E-state index in [1.54, 1.807) is 19.4 Å². The number of amides is 1. The number of pyridine rings is 2. The van der Waals surface area contributed by atoms with Crippen LogP contribution in [0.25, 0.3) is 6.08 Å². The number of aromatic nitrogens is 2. The molecule has 0 radical (unpaired) electrons. The summed E-state index contributed by atoms with van der Waals surface area (Å²) in [5.41, 5.74) is 4.13. The number of rotatable bonds is 9. The Kier molecular flexibility index (Phi) is 6.69. The number of hydrogen-bond acceptors (Lipinski definition) is 7. The number of nitrogens with one attached hydrogen (secondary N) is 1. The maximum absolute atomic E-state index is 12.8. The molecule has 2 aromatic heterocycles. The van der Waals surface area contributed by atoms with Gasteiger partial charge in [0.1, 0.15) is 11.9 Å². The summed E-state index contributed by atoms with van der Waals surface area (Å²) < 4.78 is 5.13. The topological polar surface area (TPSA) is 94.4 Å². The molecule has 3 aliphatic rings. The summed E-state index contributed by atoms with van der Waals surface area (Å²) in [6.07, 6.45) is 8.39. The Morgan fingerprint density at radius 3 is 2.83 bits per heavy atom. The van der Waals surface area contributed by atoms with Gasteiger partial charge in [-0.1, -0.05) is 6.58 Å². The summed E-state index contributed by atoms with van der Waals surface area (Å²) in [5, 5.41) is 13.5. The number of hydrogen-bond donors (Lipinski definition) is 1. The summed E-state index contributed by atoms with van der Waals surface area (Å²) >= 11 is 0. The first-order valence-electron chi connectivity index (χ1n) is 12.4. The van der Waals surface area contributed by atoms with Gasteiger partial charge in [0.15, 0.2) is 0 Å². The van der Waals surface area contributed by atoms with Crippen LogP contribution >= 0.6 is 0 Å². The first-order chi connectivity index (χ1) is 17.1. The molecule has 0 aromatic carbocycles. The third-order valence-corrected chi connectivity index (χ3v) is 7.11. The van der Waals surface area contributed by atoms with Crippen molar-refractivity contribution < 1.29 is 9.53 Å². The Morgan fingerprint density at radius 1 is 1.31 bits per heavy atom. The maximum Gasteiger partial charge on any atom is 0.225 e. The molecule has 2 saturated carbocycles. The van der Waals surface area contributed by atoms with Gasteiger partial charge in [-0.15, -0.1) is 0 Å². The lowest BCUT2D eigenvalue weighted by Crippen LogP contribution is -2.56. The Labute approximate surface area is 206 Å². The Morgan fingerprint density at radius 2 is 2.14 bits per heavy atom. The molecule has 2 aromatic rings. The zero-order valence-corrected chi connectivity index (χ0v) is 20.2. The van der Waals surface area contributed by atoms with Gasteiger partial charge in [0.05, 0.1) is 41.7 Å². The summed E-state index contributed by atoms with van der Waals surface area (Å²) in [5.74, 6) is 1.84. The molecule has 3 heterocycles. The molecule has 1 N–H and O–H groups in total. The zero-order valence-electron chi connectivity index (χ0n) is 20.2. The first kappa shape index (κ1) is 23.3. The number of anilines is 3. The number of ether oxygens (including phenoxy) is 1. The van der Waals surface area contributed by atoms with E-state index in [2.05, 4.69) is 27.8 Å². The number of piperazine rings is 1. The highest BCUT2D eigenvalue weighted by Gasteiger charge is 2.41. The average molecular weight is 473 g/mol. The lowest BCUT2D eigenvalue weighted by molar-refractivity contribution is -0.135. The SMILES string of the molecule is C=Cc1cc(Nc2cc(C#N)c(N3CCN(C(=O)CCOC)[C@H](C4CC4)C3)nc2C2CC2)ccn1. The molecule has 0 spiro atoms. The van der Waals surface area contributed by atoms with Crippen LogP contribution in [0.4, 0.5) is 17.2 Å². The standard InChI is InChI=1S/C27H32N6O2/c1-3-21-15-22(8-10-29-21)30-23-14-20(16-28)27(31-26(23)19-6-7-19)32-11-12-33(25(34)9-13-35-2)24(17-32)18-4-5-18/h3,8,10,14-15,18-19,24H,1,4-7,9,11-13,17H2,2H3,(H,29,30)/t24-/m0/s1. The second-order valence-corrected chi connectivity index (χ2v) is 9.66. The fourth-order valence-corrected chi connectivity index (χ4v) is 4.93. The van der Waals surface area contributed by atoms with Gasteiger partial charge >= 0.3 is 0 Å². The maximum atomic E-state index is 12.8. The number of nitrogens with zero attached hydrogens (tertiary/aromatic N) is 5. The van der Waals surface area contributed by atoms with Crippen molar-refractivity contribution in [3.05, 3.63) is 47.9 Å². The predicted octanol–water partition coefficient (Wildman–Crippen LogP) is 4.08. The smallest absolute Gasteiger partial charge is 0.225 e. The van der Waals surface area contributed by atoms with Crippen LogP contribution in [0.1, 0.15) is 55.0 Å². The molecule has 0 bridgehead atoms. The molecular weight excluding hydrogens is 440 g/mol. The van der Waals surface area contributed by atoms with Crippen molar-refractivity contribution in [2.24, 2.45) is 5.92 Å². The Balaban J connectivity index is 1.42. The van der Waals surface area contributed by atoms with Crippen molar-refractivity contribution in [2.45, 2.75) is 44.1 Å². The van der Waals surface area contributed by atoms with Crippen LogP contribution in [-0.4, -0.2) is 60.2 Å². The van der Waals surface area contributed by atoms with Crippen molar-refractivity contribution in [2.75, 3.05) is 43.6 Å². The van der Waals surface area contributed by atoms with Crippen LogP contribution in [0.3, 0.4) is 0 Å². The second kappa shape index (κ2) is 10.0. The molecule has 2 aliphatic carbocycles. The van der Waals surface area contributed by atoms with E-state index in [0.717, 1.165) is 60.8 Å². The second-order valence-electron chi connectivity index (χ2n) is 9.66. The van der Waals surface area contributed by atoms with Gasteiger partial charge in [0.2, 0.25) is 5.91 Å². The minimum Gasteiger partial charge on any atom is -0.384 e. The van der Waals surface area contributed by atoms with E-state index in [9.17, 15) is 10.1 Å². The fourth-order valence-electron chi connectivity index (χ4n) is 4.93. The molecule has 35 heavy (non-hydrogen) atoms. The molecular formula is C27H32N6O2. The number of carbonyl (C=O) groups excluding carboxylic acids is 1. The van der Waals surface area contributed by atoms with Crippen LogP contribution < -0.4 is 10.2 Å². The summed E-state index contributed by atoms with van der Waals surface area (Å²) in [7, 11) is 1.63. The van der Waals surface area contributed by atoms with E-state index < -0.39 is 0 Å². The monoisotopic (exact) mass is 472 g/mol. The number of carbonyl (C=O) groups is 1. The molecule has 182 valence electrons. The normalized spacial score (nSPS) is 19.8. The third-order valence-electron chi connectivity index (χ3n) is 7.11. The molecule has 0 unspecified atom stereocenters. The summed E-state index contributed by atoms with van der Waals surface area (Å²) in [4.78, 5) is 26.4. The fraction of sp³-hybridized carbons (Fsp3) is 0.481. The quantitative estimate of drug-likeness (QED) is 0.588. The molecule has 8 nitrogen and oxygen atoms in total. The minimum absolute atomic E-state index is 0.159. The van der Waals surface area contributed by atoms with E-state index in [4.69, 9.17) is 9.72 Å². The van der Waals surface area contributed by atoms with Crippen LogP contribution in [0.5, 0.6) is 0 Å². The van der Waals surface area contributed by atoms with Crippen LogP contribution in [-0.2, 0) is 9.53 Å². The molecule has 3 fully saturated rings. The van der Waals surface area contributed by atoms with E-state index in [0.29, 0.717) is 43.5 Å². The Bertz CT molecular complexity index is 1150. The molecule has 1 saturated heterocycles. The van der Waals surface area contributed by atoms with Crippen LogP contribution in [0.15, 0.2) is 31.0 Å². The van der Waals surface area contributed by atoms with Crippen molar-refractivity contribution in [3.63, 3.8) is 0 Å². The molecule has 1 atom stereocenters. The van der Waals surface area contributed by atoms with Crippen LogP contribution in [0, 0.1) is 17.2 Å². The highest BCUT2D eigenvalue weighted by Crippen LogP contribution is 2.45. The lowest BCUT2D eigenvalue weighted by atomic mass is 10.0. The zero-order chi connectivity index (χ0) is 24.4. The van der Waals surface area contributed by atoms with Crippen molar-refractivity contribution >= 4 is 29.2 Å². The predicted molar refractivity (Wildman–Crippen MR) is 135 cm³/mol. The number of nitriles is 1. The van der Waals surface area contributed by atoms with E-state index in [-0.39, 0.29) is 11.9 Å². The van der Waals surface area contributed by atoms with E-state index in [1.165, 1.54) is 0 Å². The van der Waals surface area contributed by atoms with Gasteiger partial charge in [-0.25, -0.2) is 4.98 Å². The molecule has 1 aliphatic heterocycles. The van der Waals surface area contributed by atoms with Gasteiger partial charge in [-0.3, -0.25) is 9.78 Å². The Hall–Kier alpha value is -3.44. The highest BCUT2D eigenvalue weighted by molar-refractivity contribution is 5.77. The summed E-state index contributed by atoms with van der Waals surface area (Å²) in [6, 6.07) is 8.32. The first-order valence-corrected chi connectivity index (χ1v) is 12.4. The van der Waals surface area contributed by atoms with Crippen molar-refractivity contribution in [3.8, 4) is 6.07 Å². The van der Waals surface area contributed by atoms with Gasteiger partial charge in [0, 0.05) is 44.5 Å². The van der Waals surface area contributed by atoms with Crippen molar-refractivity contribution in [1.82, 2.24) is 14.9 Å². The number of methoxy groups -OCH3 is 1. The summed E-state index contributed by atoms with van der Waals surface area (Å²) in [6.45, 7) is 6.28. The average Bonchev–Trinajstić information content (AvgIpc) is 3.80. The van der Waals surface area contributed by atoms with Gasteiger partial charge in [0.25, 0.3) is 0 Å². The van der Waals surface area contributed by atoms with Gasteiger partial charge in [-0.05, 0) is 55.9 Å². The largest absolute Gasteiger partial charge is 0.384 e. The van der Waals surface area contributed by atoms with Crippen LogP contribution in [0.2, 0.25) is 0 Å². The van der Waals surface area contributed by atoms with Gasteiger partial charge < -0.3 is 19.9 Å². The molecule has 5 rings (SSSR count). The third kappa shape index (κ3) is 5.15. The van der Waals surface area contributed by atoms with Gasteiger partial charge in [-0.2, -0.15) is 5.26 Å². The van der Waals surface area contributed by atoms with E-state index >= 15 is 0 Å². The molecule has 8 heteroatoms. The highest BCUT2D eigenvalue weighted by atomic mass is 16.5. The van der Waals surface area contributed by atoms with Crippen molar-refractivity contribution in [1.29, 1.82) is 5.26 Å². The molecule has 1 amide bonds.